The highest BCUT2D eigenvalue weighted by molar-refractivity contribution is 4.90. The summed E-state index contributed by atoms with van der Waals surface area (Å²) in [6.07, 6.45) is -3.24. The lowest BCUT2D eigenvalue weighted by atomic mass is 10.1. The maximum Gasteiger partial charge on any atom is 0.111 e. The van der Waals surface area contributed by atoms with E-state index in [1.807, 2.05) is 0 Å². The first kappa shape index (κ1) is 8.89. The van der Waals surface area contributed by atoms with Gasteiger partial charge in [-0.2, -0.15) is 0 Å². The van der Waals surface area contributed by atoms with E-state index in [0.717, 1.165) is 0 Å². The first-order valence-corrected chi connectivity index (χ1v) is 3.53. The highest BCUT2D eigenvalue weighted by Crippen LogP contribution is 2.19. The minimum Gasteiger partial charge on any atom is -0.394 e. The van der Waals surface area contributed by atoms with Crippen molar-refractivity contribution in [3.63, 3.8) is 0 Å². The molecule has 5 heteroatoms. The van der Waals surface area contributed by atoms with Crippen LogP contribution in [0.1, 0.15) is 0 Å². The van der Waals surface area contributed by atoms with Crippen molar-refractivity contribution in [3.05, 3.63) is 0 Å². The van der Waals surface area contributed by atoms with Gasteiger partial charge >= 0.3 is 0 Å². The van der Waals surface area contributed by atoms with Crippen LogP contribution in [0.4, 0.5) is 0 Å². The van der Waals surface area contributed by atoms with E-state index < -0.39 is 24.4 Å². The predicted octanol–water partition coefficient (Wildman–Crippen LogP) is -2.57. The summed E-state index contributed by atoms with van der Waals surface area (Å²) < 4.78 is 5.01. The molecule has 5 nitrogen and oxygen atoms in total. The Morgan fingerprint density at radius 2 is 1.73 bits per heavy atom. The average Bonchev–Trinajstić information content (AvgIpc) is 2.30. The Labute approximate surface area is 64.4 Å². The third-order valence-corrected chi connectivity index (χ3v) is 1.87. The van der Waals surface area contributed by atoms with Crippen LogP contribution in [-0.2, 0) is 4.74 Å². The minimum absolute atomic E-state index is 0.148. The van der Waals surface area contributed by atoms with Crippen molar-refractivity contribution >= 4 is 0 Å². The molecule has 66 valence electrons. The van der Waals surface area contributed by atoms with E-state index in [1.165, 1.54) is 0 Å². The number of aliphatic hydroxyl groups excluding tert-OH is 3. The van der Waals surface area contributed by atoms with Crippen LogP contribution in [0.5, 0.6) is 0 Å². The molecule has 1 aliphatic heterocycles. The normalized spacial score (nSPS) is 44.7. The summed E-state index contributed by atoms with van der Waals surface area (Å²) >= 11 is 0. The van der Waals surface area contributed by atoms with Crippen molar-refractivity contribution in [3.8, 4) is 0 Å². The molecule has 0 aromatic carbocycles. The number of ether oxygens (including phenoxy) is 1. The molecule has 0 saturated carbocycles. The van der Waals surface area contributed by atoms with Gasteiger partial charge in [0.05, 0.1) is 12.7 Å². The molecule has 0 bridgehead atoms. The predicted molar refractivity (Wildman–Crippen MR) is 36.8 cm³/mol. The SMILES string of the molecule is NC[C@@H]1O[C@@H](CO)[C@@H](O)[C@@H]1O. The van der Waals surface area contributed by atoms with Crippen molar-refractivity contribution in [1.29, 1.82) is 0 Å². The van der Waals surface area contributed by atoms with E-state index in [0.29, 0.717) is 0 Å². The third-order valence-electron chi connectivity index (χ3n) is 1.87. The van der Waals surface area contributed by atoms with Crippen LogP contribution in [0.15, 0.2) is 0 Å². The number of nitrogens with two attached hydrogens (primary N) is 1. The minimum atomic E-state index is -1.02. The molecule has 11 heavy (non-hydrogen) atoms. The molecule has 1 fully saturated rings. The largest absolute Gasteiger partial charge is 0.394 e. The molecule has 0 aliphatic carbocycles. The fourth-order valence-corrected chi connectivity index (χ4v) is 1.17. The smallest absolute Gasteiger partial charge is 0.111 e. The molecule has 0 aromatic rings. The molecule has 1 heterocycles. The van der Waals surface area contributed by atoms with Crippen LogP contribution < -0.4 is 5.73 Å². The van der Waals surface area contributed by atoms with Gasteiger partial charge in [-0.05, 0) is 0 Å². The van der Waals surface area contributed by atoms with E-state index in [-0.39, 0.29) is 13.2 Å². The number of aliphatic hydroxyl groups is 3. The van der Waals surface area contributed by atoms with E-state index in [9.17, 15) is 5.11 Å². The van der Waals surface area contributed by atoms with Gasteiger partial charge in [-0.1, -0.05) is 0 Å². The second-order valence-electron chi connectivity index (χ2n) is 2.61. The van der Waals surface area contributed by atoms with Gasteiger partial charge in [0.25, 0.3) is 0 Å². The Morgan fingerprint density at radius 3 is 2.00 bits per heavy atom. The lowest BCUT2D eigenvalue weighted by molar-refractivity contribution is -0.0193. The van der Waals surface area contributed by atoms with Crippen LogP contribution in [0.25, 0.3) is 0 Å². The van der Waals surface area contributed by atoms with Crippen LogP contribution in [-0.4, -0.2) is 52.9 Å². The Bertz CT molecular complexity index is 114. The van der Waals surface area contributed by atoms with Crippen LogP contribution in [0.3, 0.4) is 0 Å². The zero-order chi connectivity index (χ0) is 8.43. The first-order valence-electron chi connectivity index (χ1n) is 3.53. The van der Waals surface area contributed by atoms with E-state index >= 15 is 0 Å². The second kappa shape index (κ2) is 3.46. The number of rotatable bonds is 2. The second-order valence-corrected chi connectivity index (χ2v) is 2.61. The molecule has 0 unspecified atom stereocenters. The van der Waals surface area contributed by atoms with Gasteiger partial charge in [0.2, 0.25) is 0 Å². The molecule has 0 radical (unpaired) electrons. The Hall–Kier alpha value is -0.200. The molecule has 0 amide bonds. The van der Waals surface area contributed by atoms with Gasteiger partial charge in [0.15, 0.2) is 0 Å². The van der Waals surface area contributed by atoms with Gasteiger partial charge in [-0.25, -0.2) is 0 Å². The van der Waals surface area contributed by atoms with Crippen molar-refractivity contribution in [1.82, 2.24) is 0 Å². The first-order chi connectivity index (χ1) is 5.20. The fourth-order valence-electron chi connectivity index (χ4n) is 1.17. The molecule has 5 N–H and O–H groups in total. The summed E-state index contributed by atoms with van der Waals surface area (Å²) in [5.41, 5.74) is 5.23. The highest BCUT2D eigenvalue weighted by atomic mass is 16.6. The molecule has 0 aromatic heterocycles. The Morgan fingerprint density at radius 1 is 1.18 bits per heavy atom. The van der Waals surface area contributed by atoms with E-state index in [1.54, 1.807) is 0 Å². The van der Waals surface area contributed by atoms with Gasteiger partial charge in [0, 0.05) is 6.54 Å². The molecule has 1 aliphatic rings. The Kier molecular flexibility index (Phi) is 2.80. The molecule has 4 atom stereocenters. The van der Waals surface area contributed by atoms with Gasteiger partial charge in [0.1, 0.15) is 18.3 Å². The lowest BCUT2D eigenvalue weighted by Gasteiger charge is -2.11. The monoisotopic (exact) mass is 163 g/mol. The summed E-state index contributed by atoms with van der Waals surface area (Å²) in [7, 11) is 0. The van der Waals surface area contributed by atoms with E-state index in [4.69, 9.17) is 20.7 Å². The zero-order valence-corrected chi connectivity index (χ0v) is 6.05. The topological polar surface area (TPSA) is 95.9 Å². The summed E-state index contributed by atoms with van der Waals surface area (Å²) in [5, 5.41) is 27.0. The summed E-state index contributed by atoms with van der Waals surface area (Å²) in [6.45, 7) is -0.149. The van der Waals surface area contributed by atoms with Crippen molar-refractivity contribution in [2.24, 2.45) is 5.73 Å². The van der Waals surface area contributed by atoms with Crippen molar-refractivity contribution < 1.29 is 20.1 Å². The van der Waals surface area contributed by atoms with Gasteiger partial charge in [-0.15, -0.1) is 0 Å². The van der Waals surface area contributed by atoms with Crippen molar-refractivity contribution in [2.45, 2.75) is 24.4 Å². The molecule has 1 rings (SSSR count). The molecular formula is C6H13NO4. The maximum absolute atomic E-state index is 9.19. The number of hydrogen-bond donors (Lipinski definition) is 4. The van der Waals surface area contributed by atoms with Gasteiger partial charge < -0.3 is 25.8 Å². The molecular weight excluding hydrogens is 150 g/mol. The maximum atomic E-state index is 9.19. The van der Waals surface area contributed by atoms with E-state index in [2.05, 4.69) is 0 Å². The fraction of sp³-hybridized carbons (Fsp3) is 1.00. The highest BCUT2D eigenvalue weighted by Gasteiger charge is 2.41. The standard InChI is InChI=1S/C6H13NO4/c7-1-3-5(9)6(10)4(2-8)11-3/h3-6,8-10H,1-2,7H2/t3-,4-,5+,6+/m0/s1. The van der Waals surface area contributed by atoms with Crippen LogP contribution in [0.2, 0.25) is 0 Å². The average molecular weight is 163 g/mol. The molecule has 1 saturated heterocycles. The Balaban J connectivity index is 2.53. The van der Waals surface area contributed by atoms with Crippen molar-refractivity contribution in [2.75, 3.05) is 13.2 Å². The molecule has 0 spiro atoms. The zero-order valence-electron chi connectivity index (χ0n) is 6.05. The lowest BCUT2D eigenvalue weighted by Crippen LogP contribution is -2.36. The number of hydrogen-bond acceptors (Lipinski definition) is 5. The summed E-state index contributed by atoms with van der Waals surface area (Å²) in [5.74, 6) is 0. The summed E-state index contributed by atoms with van der Waals surface area (Å²) in [6, 6.07) is 0. The quantitative estimate of drug-likeness (QED) is 0.359. The van der Waals surface area contributed by atoms with Crippen LogP contribution in [0, 0.1) is 0 Å². The van der Waals surface area contributed by atoms with Gasteiger partial charge in [-0.3, -0.25) is 0 Å². The van der Waals surface area contributed by atoms with Crippen LogP contribution >= 0.6 is 0 Å². The summed E-state index contributed by atoms with van der Waals surface area (Å²) in [4.78, 5) is 0. The third kappa shape index (κ3) is 1.52.